The van der Waals surface area contributed by atoms with E-state index in [4.69, 9.17) is 0 Å². The predicted octanol–water partition coefficient (Wildman–Crippen LogP) is 0.452. The standard InChI is InChI=1S/C14H20N2O5S3/c17-14(15-12-5-9-23(18,19)10-12)11-3-6-16(7-4-11)24(20,21)13-2-1-8-22-13/h1-2,8,11-12H,3-7,9-10H2,(H,15,17)/t12-/m1/s1. The molecule has 0 aromatic carbocycles. The Morgan fingerprint density at radius 2 is 1.96 bits per heavy atom. The fourth-order valence-corrected chi connectivity index (χ4v) is 7.41. The highest BCUT2D eigenvalue weighted by Gasteiger charge is 2.35. The van der Waals surface area contributed by atoms with E-state index in [0.717, 1.165) is 0 Å². The van der Waals surface area contributed by atoms with E-state index in [1.165, 1.54) is 15.6 Å². The minimum atomic E-state index is -3.46. The lowest BCUT2D eigenvalue weighted by atomic mass is 9.97. The Morgan fingerprint density at radius 3 is 2.50 bits per heavy atom. The van der Waals surface area contributed by atoms with E-state index in [1.807, 2.05) is 0 Å². The summed E-state index contributed by atoms with van der Waals surface area (Å²) in [7, 11) is -6.49. The van der Waals surface area contributed by atoms with Gasteiger partial charge in [-0.3, -0.25) is 4.79 Å². The smallest absolute Gasteiger partial charge is 0.252 e. The third-order valence-corrected chi connectivity index (χ3v) is 9.53. The van der Waals surface area contributed by atoms with Crippen LogP contribution in [-0.4, -0.2) is 57.7 Å². The second-order valence-electron chi connectivity index (χ2n) is 6.22. The van der Waals surface area contributed by atoms with E-state index in [0.29, 0.717) is 36.6 Å². The largest absolute Gasteiger partial charge is 0.352 e. The molecular formula is C14H20N2O5S3. The first-order valence-electron chi connectivity index (χ1n) is 7.82. The Bertz CT molecular complexity index is 793. The fourth-order valence-electron chi connectivity index (χ4n) is 3.12. The third-order valence-electron chi connectivity index (χ3n) is 4.49. The molecule has 1 aromatic heterocycles. The Kier molecular flexibility index (Phi) is 5.01. The summed E-state index contributed by atoms with van der Waals surface area (Å²) < 4.78 is 49.5. The minimum Gasteiger partial charge on any atom is -0.352 e. The lowest BCUT2D eigenvalue weighted by molar-refractivity contribution is -0.126. The molecule has 0 spiro atoms. The van der Waals surface area contributed by atoms with Crippen LogP contribution >= 0.6 is 11.3 Å². The third kappa shape index (κ3) is 3.81. The molecule has 10 heteroatoms. The molecule has 2 aliphatic heterocycles. The maximum absolute atomic E-state index is 12.4. The molecule has 134 valence electrons. The molecule has 3 rings (SSSR count). The van der Waals surface area contributed by atoms with Crippen molar-refractivity contribution in [2.75, 3.05) is 24.6 Å². The van der Waals surface area contributed by atoms with Crippen molar-refractivity contribution in [1.29, 1.82) is 0 Å². The molecule has 2 aliphatic rings. The fraction of sp³-hybridized carbons (Fsp3) is 0.643. The van der Waals surface area contributed by atoms with Crippen LogP contribution in [0.4, 0.5) is 0 Å². The average Bonchev–Trinajstić information content (AvgIpc) is 3.17. The summed E-state index contributed by atoms with van der Waals surface area (Å²) in [4.78, 5) is 12.3. The summed E-state index contributed by atoms with van der Waals surface area (Å²) in [5.41, 5.74) is 0. The first-order chi connectivity index (χ1) is 11.3. The van der Waals surface area contributed by atoms with Crippen LogP contribution in [0.5, 0.6) is 0 Å². The number of sulfonamides is 1. The Balaban J connectivity index is 1.54. The molecule has 0 unspecified atom stereocenters. The van der Waals surface area contributed by atoms with E-state index < -0.39 is 19.9 Å². The molecule has 7 nitrogen and oxygen atoms in total. The molecular weight excluding hydrogens is 372 g/mol. The van der Waals surface area contributed by atoms with E-state index >= 15 is 0 Å². The van der Waals surface area contributed by atoms with Gasteiger partial charge in [0, 0.05) is 25.0 Å². The molecule has 0 bridgehead atoms. The number of rotatable bonds is 4. The lowest BCUT2D eigenvalue weighted by Crippen LogP contribution is -2.45. The van der Waals surface area contributed by atoms with Crippen molar-refractivity contribution >= 4 is 37.1 Å². The molecule has 1 atom stereocenters. The summed E-state index contributed by atoms with van der Waals surface area (Å²) in [6.07, 6.45) is 1.37. The van der Waals surface area contributed by atoms with Crippen LogP contribution in [0.15, 0.2) is 21.7 Å². The SMILES string of the molecule is O=C(N[C@@H]1CCS(=O)(=O)C1)C1CCN(S(=O)(=O)c2cccs2)CC1. The van der Waals surface area contributed by atoms with Crippen molar-refractivity contribution in [1.82, 2.24) is 9.62 Å². The maximum atomic E-state index is 12.4. The van der Waals surface area contributed by atoms with Gasteiger partial charge in [0.25, 0.3) is 10.0 Å². The zero-order valence-corrected chi connectivity index (χ0v) is 15.5. The zero-order chi connectivity index (χ0) is 17.4. The maximum Gasteiger partial charge on any atom is 0.252 e. The number of nitrogens with one attached hydrogen (secondary N) is 1. The van der Waals surface area contributed by atoms with Gasteiger partial charge in [0.2, 0.25) is 5.91 Å². The van der Waals surface area contributed by atoms with Crippen molar-refractivity contribution in [2.45, 2.75) is 29.5 Å². The molecule has 1 aromatic rings. The Hall–Kier alpha value is -0.970. The van der Waals surface area contributed by atoms with Crippen LogP contribution in [0, 0.1) is 5.92 Å². The van der Waals surface area contributed by atoms with Crippen molar-refractivity contribution in [3.05, 3.63) is 17.5 Å². The van der Waals surface area contributed by atoms with Crippen molar-refractivity contribution < 1.29 is 21.6 Å². The molecule has 0 aliphatic carbocycles. The molecule has 3 heterocycles. The van der Waals surface area contributed by atoms with Gasteiger partial charge in [0.1, 0.15) is 4.21 Å². The van der Waals surface area contributed by atoms with E-state index in [9.17, 15) is 21.6 Å². The average molecular weight is 393 g/mol. The van der Waals surface area contributed by atoms with E-state index in [-0.39, 0.29) is 29.4 Å². The number of thiophene rings is 1. The van der Waals surface area contributed by atoms with Gasteiger partial charge in [-0.1, -0.05) is 6.07 Å². The highest BCUT2D eigenvalue weighted by molar-refractivity contribution is 7.91. The topological polar surface area (TPSA) is 101 Å². The molecule has 24 heavy (non-hydrogen) atoms. The second kappa shape index (κ2) is 6.74. The van der Waals surface area contributed by atoms with Crippen molar-refractivity contribution in [3.8, 4) is 0 Å². The Labute approximate surface area is 146 Å². The van der Waals surface area contributed by atoms with Gasteiger partial charge in [-0.05, 0) is 30.7 Å². The van der Waals surface area contributed by atoms with Crippen molar-refractivity contribution in [2.24, 2.45) is 5.92 Å². The first kappa shape index (κ1) is 17.8. The molecule has 2 fully saturated rings. The lowest BCUT2D eigenvalue weighted by Gasteiger charge is -2.30. The number of carbonyl (C=O) groups excluding carboxylic acids is 1. The molecule has 0 radical (unpaired) electrons. The zero-order valence-electron chi connectivity index (χ0n) is 13.0. The van der Waals surface area contributed by atoms with Crippen LogP contribution in [0.2, 0.25) is 0 Å². The first-order valence-corrected chi connectivity index (χ1v) is 12.0. The van der Waals surface area contributed by atoms with Gasteiger partial charge >= 0.3 is 0 Å². The number of amides is 1. The molecule has 1 N–H and O–H groups in total. The normalized spacial score (nSPS) is 25.6. The van der Waals surface area contributed by atoms with Crippen LogP contribution in [0.25, 0.3) is 0 Å². The quantitative estimate of drug-likeness (QED) is 0.802. The van der Waals surface area contributed by atoms with Gasteiger partial charge in [-0.25, -0.2) is 16.8 Å². The number of carbonyl (C=O) groups is 1. The predicted molar refractivity (Wildman–Crippen MR) is 91.0 cm³/mol. The van der Waals surface area contributed by atoms with E-state index in [1.54, 1.807) is 17.5 Å². The number of hydrogen-bond donors (Lipinski definition) is 1. The number of hydrogen-bond acceptors (Lipinski definition) is 6. The summed E-state index contributed by atoms with van der Waals surface area (Å²) in [5, 5.41) is 4.53. The highest BCUT2D eigenvalue weighted by atomic mass is 32.2. The van der Waals surface area contributed by atoms with Gasteiger partial charge < -0.3 is 5.32 Å². The van der Waals surface area contributed by atoms with E-state index in [2.05, 4.69) is 5.32 Å². The summed E-state index contributed by atoms with van der Waals surface area (Å²) in [5.74, 6) is -0.298. The number of piperidine rings is 1. The van der Waals surface area contributed by atoms with Crippen molar-refractivity contribution in [3.63, 3.8) is 0 Å². The number of sulfone groups is 1. The minimum absolute atomic E-state index is 0.00431. The monoisotopic (exact) mass is 392 g/mol. The second-order valence-corrected chi connectivity index (χ2v) is 11.6. The summed E-state index contributed by atoms with van der Waals surface area (Å²) in [6.45, 7) is 0.614. The Morgan fingerprint density at radius 1 is 1.25 bits per heavy atom. The number of nitrogens with zero attached hydrogens (tertiary/aromatic N) is 1. The van der Waals surface area contributed by atoms with Gasteiger partial charge in [0.05, 0.1) is 11.5 Å². The van der Waals surface area contributed by atoms with Crippen LogP contribution < -0.4 is 5.32 Å². The van der Waals surface area contributed by atoms with Gasteiger partial charge in [-0.15, -0.1) is 11.3 Å². The van der Waals surface area contributed by atoms with Crippen LogP contribution in [-0.2, 0) is 24.7 Å². The van der Waals surface area contributed by atoms with Gasteiger partial charge in [0.15, 0.2) is 9.84 Å². The highest BCUT2D eigenvalue weighted by Crippen LogP contribution is 2.26. The molecule has 2 saturated heterocycles. The summed E-state index contributed by atoms with van der Waals surface area (Å²) in [6, 6.07) is 2.97. The molecule has 1 amide bonds. The molecule has 0 saturated carbocycles. The summed E-state index contributed by atoms with van der Waals surface area (Å²) >= 11 is 1.19. The van der Waals surface area contributed by atoms with Gasteiger partial charge in [-0.2, -0.15) is 4.31 Å². The van der Waals surface area contributed by atoms with Crippen LogP contribution in [0.3, 0.4) is 0 Å². The van der Waals surface area contributed by atoms with Crippen LogP contribution in [0.1, 0.15) is 19.3 Å².